The van der Waals surface area contributed by atoms with Crippen LogP contribution in [-0.4, -0.2) is 34.5 Å². The number of ether oxygens (including phenoxy) is 2. The highest BCUT2D eigenvalue weighted by molar-refractivity contribution is 6.16. The Morgan fingerprint density at radius 1 is 1.25 bits per heavy atom. The fourth-order valence-corrected chi connectivity index (χ4v) is 4.58. The van der Waals surface area contributed by atoms with Crippen LogP contribution in [-0.2, 0) is 17.6 Å². The van der Waals surface area contributed by atoms with Gasteiger partial charge in [0.05, 0.1) is 17.9 Å². The molecule has 32 heavy (non-hydrogen) atoms. The van der Waals surface area contributed by atoms with Crippen molar-refractivity contribution in [1.29, 1.82) is 0 Å². The zero-order chi connectivity index (χ0) is 23.3. The number of carboxylic acid groups (broad SMARTS) is 1. The number of anilines is 1. The van der Waals surface area contributed by atoms with E-state index in [1.54, 1.807) is 0 Å². The lowest BCUT2D eigenvalue weighted by molar-refractivity contribution is -0.131. The van der Waals surface area contributed by atoms with E-state index in [4.69, 9.17) is 25.3 Å². The van der Waals surface area contributed by atoms with Gasteiger partial charge in [-0.1, -0.05) is 12.1 Å². The number of aliphatic imine (C=N–C) groups is 1. The molecule has 0 atom stereocenters. The van der Waals surface area contributed by atoms with E-state index in [0.717, 1.165) is 52.8 Å². The number of nitrogens with zero attached hydrogens (tertiary/aromatic N) is 1. The number of aliphatic carboxylic acids is 1. The van der Waals surface area contributed by atoms with Crippen LogP contribution < -0.4 is 15.2 Å². The molecule has 4 rings (SSSR count). The van der Waals surface area contributed by atoms with Crippen LogP contribution in [0.15, 0.2) is 35.3 Å². The topological polar surface area (TPSA) is 94.1 Å². The number of rotatable bonds is 5. The minimum absolute atomic E-state index is 0.286. The highest BCUT2D eigenvalue weighted by Gasteiger charge is 2.39. The van der Waals surface area contributed by atoms with E-state index < -0.39 is 5.97 Å². The largest absolute Gasteiger partial charge is 0.490 e. The molecule has 0 spiro atoms. The zero-order valence-electron chi connectivity index (χ0n) is 19.3. The molecule has 0 fully saturated rings. The van der Waals surface area contributed by atoms with Gasteiger partial charge in [0.15, 0.2) is 11.5 Å². The molecule has 0 aliphatic carbocycles. The molecule has 2 heterocycles. The second-order valence-corrected chi connectivity index (χ2v) is 9.65. The Kier molecular flexibility index (Phi) is 5.27. The second-order valence-electron chi connectivity index (χ2n) is 9.65. The summed E-state index contributed by atoms with van der Waals surface area (Å²) in [6.07, 6.45) is 4.16. The van der Waals surface area contributed by atoms with Crippen LogP contribution in [0.5, 0.6) is 11.5 Å². The van der Waals surface area contributed by atoms with E-state index in [2.05, 4.69) is 33.8 Å². The first kappa shape index (κ1) is 21.9. The molecule has 6 nitrogen and oxygen atoms in total. The summed E-state index contributed by atoms with van der Waals surface area (Å²) in [5.41, 5.74) is 12.0. The Morgan fingerprint density at radius 2 is 2.00 bits per heavy atom. The second kappa shape index (κ2) is 7.69. The number of hydrogen-bond donors (Lipinski definition) is 2. The molecule has 3 N–H and O–H groups in total. The minimum atomic E-state index is -1.01. The SMILES string of the molecule is CCOc1cc2c(c3c1OC(C)(C)C3)C(c1ccc(C=CC(=O)O)c(N)c1)=NC(C)(C)C2. The van der Waals surface area contributed by atoms with Gasteiger partial charge in [0.1, 0.15) is 5.60 Å². The molecule has 6 heteroatoms. The number of benzene rings is 2. The smallest absolute Gasteiger partial charge is 0.328 e. The summed E-state index contributed by atoms with van der Waals surface area (Å²) in [7, 11) is 0. The summed E-state index contributed by atoms with van der Waals surface area (Å²) in [4.78, 5) is 16.0. The first-order valence-electron chi connectivity index (χ1n) is 10.9. The molecule has 0 unspecified atom stereocenters. The monoisotopic (exact) mass is 434 g/mol. The predicted molar refractivity (Wildman–Crippen MR) is 127 cm³/mol. The van der Waals surface area contributed by atoms with Gasteiger partial charge in [0.25, 0.3) is 0 Å². The zero-order valence-corrected chi connectivity index (χ0v) is 19.3. The van der Waals surface area contributed by atoms with Gasteiger partial charge >= 0.3 is 5.97 Å². The van der Waals surface area contributed by atoms with Crippen LogP contribution in [0.25, 0.3) is 6.08 Å². The summed E-state index contributed by atoms with van der Waals surface area (Å²) in [5.74, 6) is 0.582. The Bertz CT molecular complexity index is 1160. The molecule has 0 aromatic heterocycles. The molecule has 2 aromatic carbocycles. The van der Waals surface area contributed by atoms with Gasteiger partial charge in [0.2, 0.25) is 0 Å². The van der Waals surface area contributed by atoms with Crippen molar-refractivity contribution in [3.63, 3.8) is 0 Å². The van der Waals surface area contributed by atoms with Crippen LogP contribution >= 0.6 is 0 Å². The number of carbonyl (C=O) groups is 1. The fourth-order valence-electron chi connectivity index (χ4n) is 4.58. The number of nitrogens with two attached hydrogens (primary N) is 1. The quantitative estimate of drug-likeness (QED) is 0.528. The van der Waals surface area contributed by atoms with Gasteiger partial charge in [-0.2, -0.15) is 0 Å². The van der Waals surface area contributed by atoms with Crippen LogP contribution in [0.1, 0.15) is 62.4 Å². The van der Waals surface area contributed by atoms with Crippen molar-refractivity contribution in [2.24, 2.45) is 4.99 Å². The third-order valence-electron chi connectivity index (χ3n) is 5.75. The lowest BCUT2D eigenvalue weighted by Crippen LogP contribution is -2.30. The van der Waals surface area contributed by atoms with Crippen LogP contribution in [0, 0.1) is 0 Å². The molecule has 2 aliphatic rings. The molecule has 168 valence electrons. The van der Waals surface area contributed by atoms with Crippen molar-refractivity contribution in [3.05, 3.63) is 58.2 Å². The van der Waals surface area contributed by atoms with Gasteiger partial charge in [-0.05, 0) is 70.4 Å². The third-order valence-corrected chi connectivity index (χ3v) is 5.75. The molecule has 2 aliphatic heterocycles. The van der Waals surface area contributed by atoms with Gasteiger partial charge in [-0.3, -0.25) is 4.99 Å². The lowest BCUT2D eigenvalue weighted by Gasteiger charge is -2.31. The van der Waals surface area contributed by atoms with Gasteiger partial charge in [-0.15, -0.1) is 0 Å². The fraction of sp³-hybridized carbons (Fsp3) is 0.385. The number of nitrogen functional groups attached to an aromatic ring is 1. The van der Waals surface area contributed by atoms with E-state index in [9.17, 15) is 4.79 Å². The maximum atomic E-state index is 10.9. The van der Waals surface area contributed by atoms with E-state index >= 15 is 0 Å². The van der Waals surface area contributed by atoms with Crippen LogP contribution in [0.3, 0.4) is 0 Å². The first-order chi connectivity index (χ1) is 15.0. The number of hydrogen-bond acceptors (Lipinski definition) is 5. The molecule has 0 bridgehead atoms. The van der Waals surface area contributed by atoms with Gasteiger partial charge < -0.3 is 20.3 Å². The Balaban J connectivity index is 1.89. The summed E-state index contributed by atoms with van der Waals surface area (Å²) in [5, 5.41) is 8.91. The van der Waals surface area contributed by atoms with Crippen molar-refractivity contribution in [3.8, 4) is 11.5 Å². The van der Waals surface area contributed by atoms with E-state index in [1.165, 1.54) is 11.6 Å². The van der Waals surface area contributed by atoms with Crippen molar-refractivity contribution in [1.82, 2.24) is 0 Å². The Morgan fingerprint density at radius 3 is 2.66 bits per heavy atom. The van der Waals surface area contributed by atoms with Gasteiger partial charge in [-0.25, -0.2) is 4.79 Å². The average Bonchev–Trinajstić information content (AvgIpc) is 3.01. The van der Waals surface area contributed by atoms with Crippen LogP contribution in [0.2, 0.25) is 0 Å². The van der Waals surface area contributed by atoms with Crippen molar-refractivity contribution < 1.29 is 19.4 Å². The molecule has 2 aromatic rings. The molecule has 0 amide bonds. The highest BCUT2D eigenvalue weighted by atomic mass is 16.5. The Hall–Kier alpha value is -3.28. The minimum Gasteiger partial charge on any atom is -0.490 e. The highest BCUT2D eigenvalue weighted by Crippen LogP contribution is 2.48. The van der Waals surface area contributed by atoms with Gasteiger partial charge in [0, 0.05) is 34.9 Å². The first-order valence-corrected chi connectivity index (χ1v) is 10.9. The summed E-state index contributed by atoms with van der Waals surface area (Å²) < 4.78 is 12.3. The molecule has 0 saturated carbocycles. The molecular weight excluding hydrogens is 404 g/mol. The summed E-state index contributed by atoms with van der Waals surface area (Å²) >= 11 is 0. The molecule has 0 radical (unpaired) electrons. The average molecular weight is 435 g/mol. The standard InChI is InChI=1S/C26H30N2O4/c1-6-31-20-12-17-13-25(2,3)28-23(22(17)18-14-26(4,5)32-24(18)20)16-8-7-15(19(27)11-16)9-10-21(29)30/h7-12H,6,13-14,27H2,1-5H3,(H,29,30). The van der Waals surface area contributed by atoms with Crippen molar-refractivity contribution in [2.45, 2.75) is 58.6 Å². The van der Waals surface area contributed by atoms with E-state index in [1.807, 2.05) is 25.1 Å². The maximum absolute atomic E-state index is 10.9. The normalized spacial score (nSPS) is 18.0. The van der Waals surface area contributed by atoms with Crippen molar-refractivity contribution >= 4 is 23.4 Å². The summed E-state index contributed by atoms with van der Waals surface area (Å²) in [6.45, 7) is 11.0. The van der Waals surface area contributed by atoms with E-state index in [-0.39, 0.29) is 11.1 Å². The lowest BCUT2D eigenvalue weighted by atomic mass is 9.80. The van der Waals surface area contributed by atoms with Crippen molar-refractivity contribution in [2.75, 3.05) is 12.3 Å². The maximum Gasteiger partial charge on any atom is 0.328 e. The van der Waals surface area contributed by atoms with E-state index in [0.29, 0.717) is 17.9 Å². The predicted octanol–water partition coefficient (Wildman–Crippen LogP) is 4.65. The Labute approximate surface area is 188 Å². The number of fused-ring (bicyclic) bond motifs is 3. The van der Waals surface area contributed by atoms with Crippen LogP contribution in [0.4, 0.5) is 5.69 Å². The third kappa shape index (κ3) is 4.09. The molecule has 0 saturated heterocycles. The summed E-state index contributed by atoms with van der Waals surface area (Å²) in [6, 6.07) is 7.76. The number of carboxylic acids is 1. The molecular formula is C26H30N2O4.